The fraction of sp³-hybridized carbons (Fsp3) is 0.500. The van der Waals surface area contributed by atoms with Gasteiger partial charge in [-0.3, -0.25) is 9.59 Å². The van der Waals surface area contributed by atoms with Crippen LogP contribution in [0.3, 0.4) is 0 Å². The number of nitrogens with zero attached hydrogens (tertiary/aromatic N) is 1. The SMILES string of the molecule is CCN(CC)C(=O)c1cccc(NC(=O)CCOCC(F)(F)F)c1. The van der Waals surface area contributed by atoms with E-state index in [1.165, 1.54) is 6.07 Å². The van der Waals surface area contributed by atoms with Gasteiger partial charge in [0.1, 0.15) is 6.61 Å². The van der Waals surface area contributed by atoms with Crippen molar-refractivity contribution >= 4 is 17.5 Å². The molecular formula is C16H21F3N2O3. The number of hydrogen-bond acceptors (Lipinski definition) is 3. The first-order valence-electron chi connectivity index (χ1n) is 7.60. The maximum absolute atomic E-state index is 12.2. The predicted octanol–water partition coefficient (Wildman–Crippen LogP) is 3.08. The van der Waals surface area contributed by atoms with Gasteiger partial charge in [0.2, 0.25) is 5.91 Å². The minimum atomic E-state index is -4.41. The second kappa shape index (κ2) is 9.27. The number of nitrogens with one attached hydrogen (secondary N) is 1. The molecule has 0 spiro atoms. The van der Waals surface area contributed by atoms with Gasteiger partial charge < -0.3 is 15.0 Å². The molecule has 1 aromatic rings. The minimum Gasteiger partial charge on any atom is -0.372 e. The Morgan fingerprint density at radius 3 is 2.46 bits per heavy atom. The Morgan fingerprint density at radius 2 is 1.88 bits per heavy atom. The molecule has 0 aliphatic carbocycles. The molecule has 8 heteroatoms. The Morgan fingerprint density at radius 1 is 1.21 bits per heavy atom. The van der Waals surface area contributed by atoms with Crippen molar-refractivity contribution in [3.8, 4) is 0 Å². The molecule has 0 atom stereocenters. The number of halogens is 3. The van der Waals surface area contributed by atoms with Crippen molar-refractivity contribution in [2.75, 3.05) is 31.6 Å². The molecule has 0 radical (unpaired) electrons. The van der Waals surface area contributed by atoms with Gasteiger partial charge in [-0.1, -0.05) is 6.07 Å². The summed E-state index contributed by atoms with van der Waals surface area (Å²) < 4.78 is 40.1. The van der Waals surface area contributed by atoms with E-state index in [1.807, 2.05) is 13.8 Å². The van der Waals surface area contributed by atoms with Crippen LogP contribution in [0.4, 0.5) is 18.9 Å². The Balaban J connectivity index is 2.55. The molecule has 5 nitrogen and oxygen atoms in total. The van der Waals surface area contributed by atoms with Gasteiger partial charge >= 0.3 is 6.18 Å². The molecular weight excluding hydrogens is 325 g/mol. The summed E-state index contributed by atoms with van der Waals surface area (Å²) in [6.45, 7) is 3.17. The molecule has 0 unspecified atom stereocenters. The molecule has 1 aromatic carbocycles. The summed E-state index contributed by atoms with van der Waals surface area (Å²) in [7, 11) is 0. The standard InChI is InChI=1S/C16H21F3N2O3/c1-3-21(4-2)15(23)12-6-5-7-13(10-12)20-14(22)8-9-24-11-16(17,18)19/h5-7,10H,3-4,8-9,11H2,1-2H3,(H,20,22). The first kappa shape index (κ1) is 20.0. The van der Waals surface area contributed by atoms with Gasteiger partial charge in [-0.05, 0) is 32.0 Å². The number of alkyl halides is 3. The van der Waals surface area contributed by atoms with E-state index >= 15 is 0 Å². The Bertz CT molecular complexity index is 558. The lowest BCUT2D eigenvalue weighted by Gasteiger charge is -2.19. The van der Waals surface area contributed by atoms with Crippen LogP contribution in [0, 0.1) is 0 Å². The van der Waals surface area contributed by atoms with Crippen LogP contribution in [0.15, 0.2) is 24.3 Å². The highest BCUT2D eigenvalue weighted by Crippen LogP contribution is 2.15. The first-order valence-corrected chi connectivity index (χ1v) is 7.60. The number of rotatable bonds is 8. The summed E-state index contributed by atoms with van der Waals surface area (Å²) >= 11 is 0. The minimum absolute atomic E-state index is 0.149. The third-order valence-electron chi connectivity index (χ3n) is 3.18. The van der Waals surface area contributed by atoms with E-state index in [0.29, 0.717) is 24.3 Å². The zero-order valence-electron chi connectivity index (χ0n) is 13.7. The van der Waals surface area contributed by atoms with Crippen LogP contribution in [0.5, 0.6) is 0 Å². The summed E-state index contributed by atoms with van der Waals surface area (Å²) in [6, 6.07) is 6.41. The second-order valence-electron chi connectivity index (χ2n) is 5.02. The predicted molar refractivity (Wildman–Crippen MR) is 83.8 cm³/mol. The van der Waals surface area contributed by atoms with Crippen LogP contribution in [0.25, 0.3) is 0 Å². The summed E-state index contributed by atoms with van der Waals surface area (Å²) in [6.07, 6.45) is -4.61. The number of anilines is 1. The highest BCUT2D eigenvalue weighted by atomic mass is 19.4. The van der Waals surface area contributed by atoms with Gasteiger partial charge in [0, 0.05) is 24.3 Å². The van der Waals surface area contributed by atoms with Crippen LogP contribution in [-0.2, 0) is 9.53 Å². The summed E-state index contributed by atoms with van der Waals surface area (Å²) in [5.74, 6) is -0.630. The average Bonchev–Trinajstić information content (AvgIpc) is 2.52. The van der Waals surface area contributed by atoms with Crippen molar-refractivity contribution < 1.29 is 27.5 Å². The first-order chi connectivity index (χ1) is 11.3. The normalized spacial score (nSPS) is 11.2. The molecule has 0 heterocycles. The molecule has 0 aliphatic heterocycles. The van der Waals surface area contributed by atoms with Crippen LogP contribution in [0.2, 0.25) is 0 Å². The third-order valence-corrected chi connectivity index (χ3v) is 3.18. The maximum atomic E-state index is 12.2. The van der Waals surface area contributed by atoms with Gasteiger partial charge in [-0.15, -0.1) is 0 Å². The number of hydrogen-bond donors (Lipinski definition) is 1. The summed E-state index contributed by atoms with van der Waals surface area (Å²) in [4.78, 5) is 25.6. The topological polar surface area (TPSA) is 58.6 Å². The molecule has 24 heavy (non-hydrogen) atoms. The molecule has 1 N–H and O–H groups in total. The lowest BCUT2D eigenvalue weighted by Crippen LogP contribution is -2.30. The van der Waals surface area contributed by atoms with Crippen LogP contribution in [-0.4, -0.2) is 49.2 Å². The highest BCUT2D eigenvalue weighted by Gasteiger charge is 2.27. The van der Waals surface area contributed by atoms with Gasteiger partial charge in [-0.2, -0.15) is 13.2 Å². The molecule has 134 valence electrons. The monoisotopic (exact) mass is 346 g/mol. The van der Waals surface area contributed by atoms with Crippen molar-refractivity contribution in [2.24, 2.45) is 0 Å². The second-order valence-corrected chi connectivity index (χ2v) is 5.02. The van der Waals surface area contributed by atoms with E-state index in [0.717, 1.165) is 0 Å². The van der Waals surface area contributed by atoms with E-state index in [1.54, 1.807) is 23.1 Å². The molecule has 0 aromatic heterocycles. The van der Waals surface area contributed by atoms with Gasteiger partial charge in [-0.25, -0.2) is 0 Å². The smallest absolute Gasteiger partial charge is 0.372 e. The average molecular weight is 346 g/mol. The van der Waals surface area contributed by atoms with Crippen LogP contribution in [0.1, 0.15) is 30.6 Å². The van der Waals surface area contributed by atoms with E-state index in [-0.39, 0.29) is 18.9 Å². The van der Waals surface area contributed by atoms with Crippen molar-refractivity contribution in [2.45, 2.75) is 26.4 Å². The highest BCUT2D eigenvalue weighted by molar-refractivity contribution is 5.97. The van der Waals surface area contributed by atoms with Crippen molar-refractivity contribution in [3.05, 3.63) is 29.8 Å². The summed E-state index contributed by atoms with van der Waals surface area (Å²) in [5.41, 5.74) is 0.846. The summed E-state index contributed by atoms with van der Waals surface area (Å²) in [5, 5.41) is 2.54. The largest absolute Gasteiger partial charge is 0.411 e. The van der Waals surface area contributed by atoms with Gasteiger partial charge in [0.15, 0.2) is 0 Å². The molecule has 0 aliphatic rings. The number of ether oxygens (including phenoxy) is 1. The number of carbonyl (C=O) groups is 2. The van der Waals surface area contributed by atoms with Crippen molar-refractivity contribution in [3.63, 3.8) is 0 Å². The lowest BCUT2D eigenvalue weighted by molar-refractivity contribution is -0.174. The van der Waals surface area contributed by atoms with Crippen LogP contribution >= 0.6 is 0 Å². The van der Waals surface area contributed by atoms with Crippen LogP contribution < -0.4 is 5.32 Å². The maximum Gasteiger partial charge on any atom is 0.411 e. The Kier molecular flexibility index (Phi) is 7.70. The molecule has 2 amide bonds. The van der Waals surface area contributed by atoms with Gasteiger partial charge in [0.05, 0.1) is 13.0 Å². The Labute approximate surface area is 138 Å². The van der Waals surface area contributed by atoms with E-state index in [4.69, 9.17) is 0 Å². The molecule has 1 rings (SSSR count). The fourth-order valence-electron chi connectivity index (χ4n) is 2.00. The third kappa shape index (κ3) is 6.99. The number of carbonyl (C=O) groups excluding carboxylic acids is 2. The molecule has 0 saturated heterocycles. The van der Waals surface area contributed by atoms with E-state index in [2.05, 4.69) is 10.1 Å². The van der Waals surface area contributed by atoms with Crippen molar-refractivity contribution in [1.82, 2.24) is 4.90 Å². The quantitative estimate of drug-likeness (QED) is 0.736. The zero-order chi connectivity index (χ0) is 18.2. The molecule has 0 bridgehead atoms. The van der Waals surface area contributed by atoms with Gasteiger partial charge in [0.25, 0.3) is 5.91 Å². The van der Waals surface area contributed by atoms with E-state index < -0.39 is 18.7 Å². The van der Waals surface area contributed by atoms with Crippen molar-refractivity contribution in [1.29, 1.82) is 0 Å². The number of amides is 2. The number of benzene rings is 1. The molecule has 0 fully saturated rings. The zero-order valence-corrected chi connectivity index (χ0v) is 13.7. The Hall–Kier alpha value is -2.09. The van der Waals surface area contributed by atoms with E-state index in [9.17, 15) is 22.8 Å². The fourth-order valence-corrected chi connectivity index (χ4v) is 2.00. The molecule has 0 saturated carbocycles. The lowest BCUT2D eigenvalue weighted by atomic mass is 10.1.